The highest BCUT2D eigenvalue weighted by Gasteiger charge is 2.10. The predicted molar refractivity (Wildman–Crippen MR) is 82.3 cm³/mol. The number of carbonyl (C=O) groups is 1. The number of rotatable bonds is 3. The minimum absolute atomic E-state index is 0.149. The molecule has 0 aliphatic carbocycles. The fourth-order valence-corrected chi connectivity index (χ4v) is 2.41. The zero-order valence-electron chi connectivity index (χ0n) is 11.3. The highest BCUT2D eigenvalue weighted by molar-refractivity contribution is 9.10. The van der Waals surface area contributed by atoms with Crippen LogP contribution in [0.1, 0.15) is 16.7 Å². The summed E-state index contributed by atoms with van der Waals surface area (Å²) in [5, 5.41) is 2.75. The summed E-state index contributed by atoms with van der Waals surface area (Å²) < 4.78 is 13.9. The van der Waals surface area contributed by atoms with Crippen molar-refractivity contribution in [1.82, 2.24) is 0 Å². The Hall–Kier alpha value is -1.68. The van der Waals surface area contributed by atoms with E-state index < -0.39 is 0 Å². The number of carbonyl (C=O) groups excluding carboxylic acids is 1. The second-order valence-corrected chi connectivity index (χ2v) is 5.59. The summed E-state index contributed by atoms with van der Waals surface area (Å²) in [6.45, 7) is 3.79. The normalized spacial score (nSPS) is 10.4. The van der Waals surface area contributed by atoms with E-state index in [1.807, 2.05) is 38.1 Å². The van der Waals surface area contributed by atoms with Crippen LogP contribution in [0.4, 0.5) is 10.1 Å². The van der Waals surface area contributed by atoms with Gasteiger partial charge in [0.05, 0.1) is 10.9 Å². The molecule has 0 saturated carbocycles. The lowest BCUT2D eigenvalue weighted by Gasteiger charge is -2.10. The lowest BCUT2D eigenvalue weighted by Crippen LogP contribution is -2.16. The molecule has 2 rings (SSSR count). The second-order valence-electron chi connectivity index (χ2n) is 4.73. The van der Waals surface area contributed by atoms with Crippen LogP contribution in [0.15, 0.2) is 40.9 Å². The zero-order valence-corrected chi connectivity index (χ0v) is 12.9. The van der Waals surface area contributed by atoms with Crippen molar-refractivity contribution in [1.29, 1.82) is 0 Å². The van der Waals surface area contributed by atoms with Gasteiger partial charge in [0, 0.05) is 5.69 Å². The van der Waals surface area contributed by atoms with E-state index in [2.05, 4.69) is 21.2 Å². The summed E-state index contributed by atoms with van der Waals surface area (Å²) in [6.07, 6.45) is 0.282. The molecule has 0 spiro atoms. The Morgan fingerprint density at radius 3 is 2.60 bits per heavy atom. The molecule has 0 aliphatic heterocycles. The van der Waals surface area contributed by atoms with Crippen LogP contribution < -0.4 is 5.32 Å². The zero-order chi connectivity index (χ0) is 14.7. The summed E-state index contributed by atoms with van der Waals surface area (Å²) >= 11 is 3.12. The summed E-state index contributed by atoms with van der Waals surface area (Å²) in [5.41, 5.74) is 3.36. The maximum atomic E-state index is 13.5. The van der Waals surface area contributed by atoms with E-state index in [0.717, 1.165) is 16.7 Å². The molecule has 2 nitrogen and oxygen atoms in total. The average molecular weight is 336 g/mol. The summed E-state index contributed by atoms with van der Waals surface area (Å²) in [6, 6.07) is 10.7. The van der Waals surface area contributed by atoms with Gasteiger partial charge in [-0.25, -0.2) is 4.39 Å². The molecule has 0 fully saturated rings. The fraction of sp³-hybridized carbons (Fsp3) is 0.188. The lowest BCUT2D eigenvalue weighted by atomic mass is 10.1. The van der Waals surface area contributed by atoms with E-state index in [4.69, 9.17) is 0 Å². The lowest BCUT2D eigenvalue weighted by molar-refractivity contribution is -0.115. The van der Waals surface area contributed by atoms with Crippen molar-refractivity contribution in [3.8, 4) is 0 Å². The van der Waals surface area contributed by atoms with Crippen LogP contribution in [-0.2, 0) is 11.2 Å². The number of benzene rings is 2. The Labute approximate surface area is 126 Å². The monoisotopic (exact) mass is 335 g/mol. The number of nitrogens with one attached hydrogen (secondary N) is 1. The Bertz CT molecular complexity index is 655. The Morgan fingerprint density at radius 2 is 1.90 bits per heavy atom. The summed E-state index contributed by atoms with van der Waals surface area (Å²) in [5.74, 6) is -0.536. The molecular formula is C16H15BrFNO. The van der Waals surface area contributed by atoms with Crippen LogP contribution >= 0.6 is 15.9 Å². The van der Waals surface area contributed by atoms with Crippen molar-refractivity contribution in [2.75, 3.05) is 5.32 Å². The van der Waals surface area contributed by atoms with Crippen LogP contribution in [0.3, 0.4) is 0 Å². The topological polar surface area (TPSA) is 29.1 Å². The first kappa shape index (κ1) is 14.7. The molecule has 0 unspecified atom stereocenters. The largest absolute Gasteiger partial charge is 0.325 e. The standard InChI is InChI=1S/C16H15BrFNO/c1-10-5-3-4-6-12(10)8-16(20)19-15-9-14(18)13(17)7-11(15)2/h3-7,9H,8H2,1-2H3,(H,19,20). The molecule has 0 bridgehead atoms. The molecular weight excluding hydrogens is 321 g/mol. The SMILES string of the molecule is Cc1ccccc1CC(=O)Nc1cc(F)c(Br)cc1C. The molecule has 104 valence electrons. The third-order valence-electron chi connectivity index (χ3n) is 3.15. The van der Waals surface area contributed by atoms with Crippen molar-refractivity contribution >= 4 is 27.5 Å². The van der Waals surface area contributed by atoms with E-state index in [1.165, 1.54) is 6.07 Å². The predicted octanol–water partition coefficient (Wildman–Crippen LogP) is 4.39. The van der Waals surface area contributed by atoms with Gasteiger partial charge < -0.3 is 5.32 Å². The number of amides is 1. The first-order valence-corrected chi connectivity index (χ1v) is 7.06. The van der Waals surface area contributed by atoms with E-state index in [1.54, 1.807) is 6.07 Å². The smallest absolute Gasteiger partial charge is 0.228 e. The van der Waals surface area contributed by atoms with Crippen molar-refractivity contribution in [2.45, 2.75) is 20.3 Å². The molecule has 2 aromatic carbocycles. The molecule has 0 radical (unpaired) electrons. The number of hydrogen-bond acceptors (Lipinski definition) is 1. The minimum atomic E-state index is -0.387. The summed E-state index contributed by atoms with van der Waals surface area (Å²) in [7, 11) is 0. The second kappa shape index (κ2) is 6.18. The van der Waals surface area contributed by atoms with Crippen molar-refractivity contribution in [2.24, 2.45) is 0 Å². The molecule has 1 N–H and O–H groups in total. The van der Waals surface area contributed by atoms with E-state index in [-0.39, 0.29) is 18.1 Å². The van der Waals surface area contributed by atoms with E-state index in [0.29, 0.717) is 10.2 Å². The molecule has 0 aliphatic rings. The number of halogens is 2. The minimum Gasteiger partial charge on any atom is -0.325 e. The van der Waals surface area contributed by atoms with Crippen molar-refractivity contribution in [3.63, 3.8) is 0 Å². The third kappa shape index (κ3) is 3.45. The van der Waals surface area contributed by atoms with Crippen LogP contribution in [0.5, 0.6) is 0 Å². The van der Waals surface area contributed by atoms with Gasteiger partial charge in [-0.1, -0.05) is 24.3 Å². The Kier molecular flexibility index (Phi) is 4.55. The Balaban J connectivity index is 2.13. The molecule has 2 aromatic rings. The van der Waals surface area contributed by atoms with Gasteiger partial charge in [0.2, 0.25) is 5.91 Å². The maximum absolute atomic E-state index is 13.5. The Morgan fingerprint density at radius 1 is 1.20 bits per heavy atom. The quantitative estimate of drug-likeness (QED) is 0.885. The number of aryl methyl sites for hydroxylation is 2. The third-order valence-corrected chi connectivity index (χ3v) is 3.76. The molecule has 0 heterocycles. The maximum Gasteiger partial charge on any atom is 0.228 e. The van der Waals surface area contributed by atoms with Gasteiger partial charge in [0.25, 0.3) is 0 Å². The summed E-state index contributed by atoms with van der Waals surface area (Å²) in [4.78, 5) is 12.0. The van der Waals surface area contributed by atoms with Gasteiger partial charge in [-0.3, -0.25) is 4.79 Å². The van der Waals surface area contributed by atoms with Gasteiger partial charge in [0.15, 0.2) is 0 Å². The average Bonchev–Trinajstić information content (AvgIpc) is 2.39. The van der Waals surface area contributed by atoms with Crippen molar-refractivity contribution in [3.05, 3.63) is 63.4 Å². The molecule has 0 aromatic heterocycles. The van der Waals surface area contributed by atoms with Gasteiger partial charge in [-0.05, 0) is 58.6 Å². The molecule has 1 amide bonds. The van der Waals surface area contributed by atoms with E-state index in [9.17, 15) is 9.18 Å². The van der Waals surface area contributed by atoms with Crippen LogP contribution in [-0.4, -0.2) is 5.91 Å². The van der Waals surface area contributed by atoms with Crippen LogP contribution in [0, 0.1) is 19.7 Å². The van der Waals surface area contributed by atoms with Gasteiger partial charge in [0.1, 0.15) is 5.82 Å². The van der Waals surface area contributed by atoms with Crippen LogP contribution in [0.25, 0.3) is 0 Å². The van der Waals surface area contributed by atoms with Gasteiger partial charge >= 0.3 is 0 Å². The number of anilines is 1. The first-order chi connectivity index (χ1) is 9.47. The van der Waals surface area contributed by atoms with Crippen molar-refractivity contribution < 1.29 is 9.18 Å². The fourth-order valence-electron chi connectivity index (χ4n) is 1.96. The highest BCUT2D eigenvalue weighted by atomic mass is 79.9. The van der Waals surface area contributed by atoms with Crippen LogP contribution in [0.2, 0.25) is 0 Å². The molecule has 20 heavy (non-hydrogen) atoms. The molecule has 4 heteroatoms. The van der Waals surface area contributed by atoms with Gasteiger partial charge in [-0.2, -0.15) is 0 Å². The molecule has 0 saturated heterocycles. The first-order valence-electron chi connectivity index (χ1n) is 6.27. The molecule has 0 atom stereocenters. The highest BCUT2D eigenvalue weighted by Crippen LogP contribution is 2.24. The number of hydrogen-bond donors (Lipinski definition) is 1. The van der Waals surface area contributed by atoms with Gasteiger partial charge in [-0.15, -0.1) is 0 Å². The van der Waals surface area contributed by atoms with E-state index >= 15 is 0 Å².